The van der Waals surface area contributed by atoms with Gasteiger partial charge in [0.15, 0.2) is 0 Å². The average molecular weight is 285 g/mol. The predicted molar refractivity (Wildman–Crippen MR) is 70.0 cm³/mol. The van der Waals surface area contributed by atoms with Gasteiger partial charge in [-0.1, -0.05) is 0 Å². The first-order chi connectivity index (χ1) is 8.46. The summed E-state index contributed by atoms with van der Waals surface area (Å²) in [5.41, 5.74) is 0. The first kappa shape index (κ1) is 13.5. The lowest BCUT2D eigenvalue weighted by molar-refractivity contribution is 0.312. The minimum absolute atomic E-state index is 0.340. The van der Waals surface area contributed by atoms with Crippen molar-refractivity contribution in [2.45, 2.75) is 24.8 Å². The number of rotatable bonds is 2. The summed E-state index contributed by atoms with van der Waals surface area (Å²) in [4.78, 5) is 2.09. The van der Waals surface area contributed by atoms with Gasteiger partial charge in [0.05, 0.1) is 11.0 Å². The third-order valence-corrected chi connectivity index (χ3v) is 6.05. The van der Waals surface area contributed by atoms with Gasteiger partial charge >= 0.3 is 0 Å². The summed E-state index contributed by atoms with van der Waals surface area (Å²) >= 11 is 1.46. The van der Waals surface area contributed by atoms with Crippen LogP contribution in [-0.2, 0) is 10.0 Å². The number of hydrogen-bond donors (Lipinski definition) is 1. The van der Waals surface area contributed by atoms with E-state index in [2.05, 4.69) is 5.32 Å². The van der Waals surface area contributed by atoms with Gasteiger partial charge in [-0.05, 0) is 19.9 Å². The Morgan fingerprint density at radius 1 is 1.56 bits per heavy atom. The zero-order valence-corrected chi connectivity index (χ0v) is 11.9. The molecule has 0 amide bonds. The number of nitriles is 1. The van der Waals surface area contributed by atoms with Crippen molar-refractivity contribution in [1.82, 2.24) is 9.62 Å². The van der Waals surface area contributed by atoms with Crippen LogP contribution in [0.4, 0.5) is 0 Å². The summed E-state index contributed by atoms with van der Waals surface area (Å²) in [6, 6.07) is 3.11. The van der Waals surface area contributed by atoms with Crippen molar-refractivity contribution >= 4 is 21.4 Å². The number of thiophene rings is 1. The Balaban J connectivity index is 2.42. The van der Waals surface area contributed by atoms with E-state index in [-0.39, 0.29) is 0 Å². The van der Waals surface area contributed by atoms with Crippen molar-refractivity contribution in [3.63, 3.8) is 0 Å². The number of aryl methyl sites for hydroxylation is 2. The van der Waals surface area contributed by atoms with Gasteiger partial charge in [-0.2, -0.15) is 9.57 Å². The van der Waals surface area contributed by atoms with Crippen LogP contribution in [0, 0.1) is 25.2 Å². The van der Waals surface area contributed by atoms with E-state index < -0.39 is 16.1 Å². The molecule has 0 aliphatic carbocycles. The molecule has 7 heteroatoms. The Morgan fingerprint density at radius 2 is 2.28 bits per heavy atom. The third-order valence-electron chi connectivity index (χ3n) is 2.93. The standard InChI is InChI=1S/C11H15N3O2S2/c1-8-5-11(9(2)17-8)18(15,16)14-4-3-13-7-10(14)6-12/h5,10,13H,3-4,7H2,1-2H3. The fraction of sp³-hybridized carbons (Fsp3) is 0.545. The van der Waals surface area contributed by atoms with Gasteiger partial charge in [0.25, 0.3) is 0 Å². The molecular formula is C11H15N3O2S2. The fourth-order valence-electron chi connectivity index (χ4n) is 2.07. The summed E-state index contributed by atoms with van der Waals surface area (Å²) in [5, 5.41) is 12.1. The van der Waals surface area contributed by atoms with E-state index in [0.717, 1.165) is 9.75 Å². The maximum atomic E-state index is 12.5. The summed E-state index contributed by atoms with van der Waals surface area (Å²) in [7, 11) is -3.55. The van der Waals surface area contributed by atoms with Crippen molar-refractivity contribution in [2.24, 2.45) is 0 Å². The van der Waals surface area contributed by atoms with Crippen LogP contribution in [0.2, 0.25) is 0 Å². The molecule has 1 N–H and O–H groups in total. The molecule has 1 saturated heterocycles. The highest BCUT2D eigenvalue weighted by Gasteiger charge is 2.34. The first-order valence-corrected chi connectivity index (χ1v) is 7.91. The minimum Gasteiger partial charge on any atom is -0.313 e. The smallest absolute Gasteiger partial charge is 0.245 e. The van der Waals surface area contributed by atoms with Gasteiger partial charge in [-0.15, -0.1) is 11.3 Å². The van der Waals surface area contributed by atoms with E-state index in [9.17, 15) is 8.42 Å². The highest BCUT2D eigenvalue weighted by molar-refractivity contribution is 7.89. The minimum atomic E-state index is -3.55. The zero-order chi connectivity index (χ0) is 13.3. The normalized spacial score (nSPS) is 21.7. The van der Waals surface area contributed by atoms with Crippen LogP contribution in [0.1, 0.15) is 9.75 Å². The number of nitrogens with one attached hydrogen (secondary N) is 1. The summed E-state index contributed by atoms with van der Waals surface area (Å²) in [6.07, 6.45) is 0. The third kappa shape index (κ3) is 2.29. The number of sulfonamides is 1. The van der Waals surface area contributed by atoms with Crippen LogP contribution >= 0.6 is 11.3 Å². The van der Waals surface area contributed by atoms with Crippen molar-refractivity contribution < 1.29 is 8.42 Å². The maximum absolute atomic E-state index is 12.5. The van der Waals surface area contributed by atoms with E-state index in [1.807, 2.05) is 13.0 Å². The lowest BCUT2D eigenvalue weighted by atomic mass is 10.3. The van der Waals surface area contributed by atoms with E-state index >= 15 is 0 Å². The molecule has 1 aliphatic heterocycles. The van der Waals surface area contributed by atoms with Crippen molar-refractivity contribution in [1.29, 1.82) is 5.26 Å². The molecule has 98 valence electrons. The van der Waals surface area contributed by atoms with Gasteiger partial charge in [-0.25, -0.2) is 8.42 Å². The average Bonchev–Trinajstić information content (AvgIpc) is 2.69. The molecule has 1 aliphatic rings. The molecule has 0 radical (unpaired) electrons. The topological polar surface area (TPSA) is 73.2 Å². The Labute approximate surface area is 111 Å². The molecular weight excluding hydrogens is 270 g/mol. The molecule has 1 aromatic heterocycles. The Morgan fingerprint density at radius 3 is 2.83 bits per heavy atom. The summed E-state index contributed by atoms with van der Waals surface area (Å²) < 4.78 is 26.4. The van der Waals surface area contributed by atoms with E-state index in [1.54, 1.807) is 13.0 Å². The molecule has 1 aromatic rings. The van der Waals surface area contributed by atoms with Crippen LogP contribution in [-0.4, -0.2) is 38.4 Å². The second-order valence-electron chi connectivity index (χ2n) is 4.24. The molecule has 5 nitrogen and oxygen atoms in total. The fourth-order valence-corrected chi connectivity index (χ4v) is 5.14. The molecule has 0 aromatic carbocycles. The maximum Gasteiger partial charge on any atom is 0.245 e. The van der Waals surface area contributed by atoms with Crippen LogP contribution in [0.25, 0.3) is 0 Å². The van der Waals surface area contributed by atoms with Gasteiger partial charge in [0.2, 0.25) is 10.0 Å². The predicted octanol–water partition coefficient (Wildman–Crippen LogP) is 0.851. The lowest BCUT2D eigenvalue weighted by Gasteiger charge is -2.30. The van der Waals surface area contributed by atoms with Gasteiger partial charge in [0, 0.05) is 29.4 Å². The summed E-state index contributed by atoms with van der Waals surface area (Å²) in [6.45, 7) is 5.00. The lowest BCUT2D eigenvalue weighted by Crippen LogP contribution is -2.52. The molecule has 1 atom stereocenters. The van der Waals surface area contributed by atoms with Crippen LogP contribution in [0.5, 0.6) is 0 Å². The first-order valence-electron chi connectivity index (χ1n) is 5.66. The van der Waals surface area contributed by atoms with Crippen molar-refractivity contribution in [3.8, 4) is 6.07 Å². The Kier molecular flexibility index (Phi) is 3.73. The molecule has 2 rings (SSSR count). The molecule has 0 saturated carbocycles. The van der Waals surface area contributed by atoms with E-state index in [1.165, 1.54) is 15.6 Å². The Bertz CT molecular complexity index is 586. The van der Waals surface area contributed by atoms with Crippen LogP contribution in [0.15, 0.2) is 11.0 Å². The monoisotopic (exact) mass is 285 g/mol. The van der Waals surface area contributed by atoms with Gasteiger partial charge in [-0.3, -0.25) is 0 Å². The molecule has 0 bridgehead atoms. The number of hydrogen-bond acceptors (Lipinski definition) is 5. The van der Waals surface area contributed by atoms with Crippen molar-refractivity contribution in [3.05, 3.63) is 15.8 Å². The van der Waals surface area contributed by atoms with E-state index in [0.29, 0.717) is 24.5 Å². The molecule has 1 fully saturated rings. The quantitative estimate of drug-likeness (QED) is 0.874. The van der Waals surface area contributed by atoms with Crippen LogP contribution in [0.3, 0.4) is 0 Å². The molecule has 0 spiro atoms. The van der Waals surface area contributed by atoms with Crippen LogP contribution < -0.4 is 5.32 Å². The number of piperazine rings is 1. The summed E-state index contributed by atoms with van der Waals surface area (Å²) in [5.74, 6) is 0. The second kappa shape index (κ2) is 4.97. The highest BCUT2D eigenvalue weighted by Crippen LogP contribution is 2.28. The Hall–Kier alpha value is -0.940. The van der Waals surface area contributed by atoms with Crippen molar-refractivity contribution in [2.75, 3.05) is 19.6 Å². The largest absolute Gasteiger partial charge is 0.313 e. The molecule has 18 heavy (non-hydrogen) atoms. The molecule has 1 unspecified atom stereocenters. The van der Waals surface area contributed by atoms with E-state index in [4.69, 9.17) is 5.26 Å². The zero-order valence-electron chi connectivity index (χ0n) is 10.3. The SMILES string of the molecule is Cc1cc(S(=O)(=O)N2CCNCC2C#N)c(C)s1. The molecule has 2 heterocycles. The second-order valence-corrected chi connectivity index (χ2v) is 7.56. The highest BCUT2D eigenvalue weighted by atomic mass is 32.2. The van der Waals surface area contributed by atoms with Gasteiger partial charge in [0.1, 0.15) is 6.04 Å². The van der Waals surface area contributed by atoms with Gasteiger partial charge < -0.3 is 5.32 Å². The number of nitrogens with zero attached hydrogens (tertiary/aromatic N) is 2.